The molecule has 0 aliphatic heterocycles. The standard InChI is InChI=1S/C14H16FN3/c1-10(16)14(17,12-3-2-8-18-9-12)11-4-6-13(15)7-5-11/h2-10H,16-17H2,1H3. The molecule has 0 radical (unpaired) electrons. The van der Waals surface area contributed by atoms with Crippen molar-refractivity contribution in [2.45, 2.75) is 18.5 Å². The molecule has 4 heteroatoms. The van der Waals surface area contributed by atoms with E-state index in [4.69, 9.17) is 11.5 Å². The summed E-state index contributed by atoms with van der Waals surface area (Å²) in [5.74, 6) is -0.294. The highest BCUT2D eigenvalue weighted by atomic mass is 19.1. The van der Waals surface area contributed by atoms with E-state index >= 15 is 0 Å². The molecule has 1 heterocycles. The van der Waals surface area contributed by atoms with Gasteiger partial charge in [-0.2, -0.15) is 0 Å². The van der Waals surface area contributed by atoms with E-state index in [1.165, 1.54) is 12.1 Å². The molecular weight excluding hydrogens is 229 g/mol. The van der Waals surface area contributed by atoms with Gasteiger partial charge in [-0.3, -0.25) is 4.98 Å². The molecule has 0 aliphatic rings. The van der Waals surface area contributed by atoms with Crippen LogP contribution in [0.4, 0.5) is 4.39 Å². The molecular formula is C14H16FN3. The smallest absolute Gasteiger partial charge is 0.123 e. The van der Waals surface area contributed by atoms with Crippen molar-refractivity contribution in [1.82, 2.24) is 4.98 Å². The normalized spacial score (nSPS) is 16.0. The van der Waals surface area contributed by atoms with Crippen LogP contribution in [0.15, 0.2) is 48.8 Å². The number of rotatable bonds is 3. The Balaban J connectivity index is 2.54. The minimum atomic E-state index is -0.873. The van der Waals surface area contributed by atoms with Gasteiger partial charge < -0.3 is 11.5 Å². The third-order valence-corrected chi connectivity index (χ3v) is 3.18. The summed E-state index contributed by atoms with van der Waals surface area (Å²) in [5.41, 5.74) is 13.2. The van der Waals surface area contributed by atoms with E-state index in [1.54, 1.807) is 24.5 Å². The SMILES string of the molecule is CC(N)C(N)(c1ccc(F)cc1)c1cccnc1. The third-order valence-electron chi connectivity index (χ3n) is 3.18. The number of hydrogen-bond acceptors (Lipinski definition) is 3. The lowest BCUT2D eigenvalue weighted by Crippen LogP contribution is -2.51. The first-order valence-electron chi connectivity index (χ1n) is 5.76. The Kier molecular flexibility index (Phi) is 3.41. The quantitative estimate of drug-likeness (QED) is 0.866. The second kappa shape index (κ2) is 4.84. The van der Waals surface area contributed by atoms with Crippen LogP contribution in [-0.2, 0) is 5.54 Å². The average Bonchev–Trinajstić information content (AvgIpc) is 2.39. The minimum absolute atomic E-state index is 0.294. The van der Waals surface area contributed by atoms with Crippen molar-refractivity contribution >= 4 is 0 Å². The molecule has 0 spiro atoms. The van der Waals surface area contributed by atoms with Gasteiger partial charge in [0.25, 0.3) is 0 Å². The maximum Gasteiger partial charge on any atom is 0.123 e. The van der Waals surface area contributed by atoms with Crippen molar-refractivity contribution in [3.63, 3.8) is 0 Å². The van der Waals surface area contributed by atoms with Gasteiger partial charge in [-0.15, -0.1) is 0 Å². The molecule has 0 aliphatic carbocycles. The van der Waals surface area contributed by atoms with Gasteiger partial charge in [0.1, 0.15) is 5.82 Å². The number of nitrogens with zero attached hydrogens (tertiary/aromatic N) is 1. The molecule has 0 fully saturated rings. The molecule has 2 unspecified atom stereocenters. The van der Waals surface area contributed by atoms with Gasteiger partial charge in [-0.25, -0.2) is 4.39 Å². The van der Waals surface area contributed by atoms with Gasteiger partial charge in [0.05, 0.1) is 5.54 Å². The predicted molar refractivity (Wildman–Crippen MR) is 69.3 cm³/mol. The first kappa shape index (κ1) is 12.7. The van der Waals surface area contributed by atoms with Crippen LogP contribution in [0.2, 0.25) is 0 Å². The number of benzene rings is 1. The second-order valence-electron chi connectivity index (χ2n) is 4.41. The van der Waals surface area contributed by atoms with Crippen molar-refractivity contribution in [1.29, 1.82) is 0 Å². The van der Waals surface area contributed by atoms with E-state index in [9.17, 15) is 4.39 Å². The lowest BCUT2D eigenvalue weighted by atomic mass is 9.79. The minimum Gasteiger partial charge on any atom is -0.326 e. The van der Waals surface area contributed by atoms with Crippen molar-refractivity contribution in [3.05, 3.63) is 65.7 Å². The Morgan fingerprint density at radius 2 is 1.83 bits per heavy atom. The van der Waals surface area contributed by atoms with Crippen LogP contribution < -0.4 is 11.5 Å². The van der Waals surface area contributed by atoms with Gasteiger partial charge >= 0.3 is 0 Å². The molecule has 3 nitrogen and oxygen atoms in total. The number of pyridine rings is 1. The van der Waals surface area contributed by atoms with E-state index in [1.807, 2.05) is 19.1 Å². The summed E-state index contributed by atoms with van der Waals surface area (Å²) < 4.78 is 13.0. The number of aromatic nitrogens is 1. The molecule has 0 saturated heterocycles. The van der Waals surface area contributed by atoms with Crippen LogP contribution in [0.1, 0.15) is 18.1 Å². The van der Waals surface area contributed by atoms with Gasteiger partial charge in [0.15, 0.2) is 0 Å². The first-order valence-corrected chi connectivity index (χ1v) is 5.76. The zero-order valence-corrected chi connectivity index (χ0v) is 10.2. The number of hydrogen-bond donors (Lipinski definition) is 2. The summed E-state index contributed by atoms with van der Waals surface area (Å²) in [6.07, 6.45) is 3.36. The fraction of sp³-hybridized carbons (Fsp3) is 0.214. The maximum atomic E-state index is 13.0. The summed E-state index contributed by atoms with van der Waals surface area (Å²) in [4.78, 5) is 4.07. The Bertz CT molecular complexity index is 510. The van der Waals surface area contributed by atoms with E-state index in [0.717, 1.165) is 11.1 Å². The first-order chi connectivity index (χ1) is 8.55. The summed E-state index contributed by atoms with van der Waals surface area (Å²) in [7, 11) is 0. The molecule has 0 bridgehead atoms. The van der Waals surface area contributed by atoms with E-state index in [-0.39, 0.29) is 11.9 Å². The van der Waals surface area contributed by atoms with Gasteiger partial charge in [-0.1, -0.05) is 18.2 Å². The van der Waals surface area contributed by atoms with Crippen molar-refractivity contribution in [2.24, 2.45) is 11.5 Å². The van der Waals surface area contributed by atoms with E-state index in [0.29, 0.717) is 0 Å². The van der Waals surface area contributed by atoms with Crippen LogP contribution in [0, 0.1) is 5.82 Å². The Morgan fingerprint density at radius 3 is 2.33 bits per heavy atom. The molecule has 0 saturated carbocycles. The molecule has 18 heavy (non-hydrogen) atoms. The molecule has 94 valence electrons. The van der Waals surface area contributed by atoms with Crippen LogP contribution >= 0.6 is 0 Å². The van der Waals surface area contributed by atoms with Crippen molar-refractivity contribution in [3.8, 4) is 0 Å². The highest BCUT2D eigenvalue weighted by Crippen LogP contribution is 2.29. The van der Waals surface area contributed by atoms with Crippen LogP contribution in [-0.4, -0.2) is 11.0 Å². The third kappa shape index (κ3) is 2.12. The number of nitrogens with two attached hydrogens (primary N) is 2. The topological polar surface area (TPSA) is 64.9 Å². The van der Waals surface area contributed by atoms with Gasteiger partial charge in [0.2, 0.25) is 0 Å². The predicted octanol–water partition coefficient (Wildman–Crippen LogP) is 1.77. The summed E-state index contributed by atoms with van der Waals surface area (Å²) in [5, 5.41) is 0. The van der Waals surface area contributed by atoms with E-state index in [2.05, 4.69) is 4.98 Å². The lowest BCUT2D eigenvalue weighted by molar-refractivity contribution is 0.443. The zero-order chi connectivity index (χ0) is 13.2. The number of halogens is 1. The fourth-order valence-corrected chi connectivity index (χ4v) is 2.03. The highest BCUT2D eigenvalue weighted by molar-refractivity contribution is 5.38. The molecule has 2 atom stereocenters. The molecule has 4 N–H and O–H groups in total. The zero-order valence-electron chi connectivity index (χ0n) is 10.2. The molecule has 1 aromatic heterocycles. The van der Waals surface area contributed by atoms with Crippen LogP contribution in [0.25, 0.3) is 0 Å². The average molecular weight is 245 g/mol. The van der Waals surface area contributed by atoms with Crippen LogP contribution in [0.3, 0.4) is 0 Å². The van der Waals surface area contributed by atoms with Gasteiger partial charge in [0, 0.05) is 18.4 Å². The van der Waals surface area contributed by atoms with Crippen molar-refractivity contribution in [2.75, 3.05) is 0 Å². The molecule has 2 aromatic rings. The van der Waals surface area contributed by atoms with Crippen LogP contribution in [0.5, 0.6) is 0 Å². The Morgan fingerprint density at radius 1 is 1.17 bits per heavy atom. The second-order valence-corrected chi connectivity index (χ2v) is 4.41. The highest BCUT2D eigenvalue weighted by Gasteiger charge is 2.33. The molecule has 1 aromatic carbocycles. The lowest BCUT2D eigenvalue weighted by Gasteiger charge is -2.34. The summed E-state index contributed by atoms with van der Waals surface area (Å²) in [6.45, 7) is 1.83. The largest absolute Gasteiger partial charge is 0.326 e. The van der Waals surface area contributed by atoms with E-state index < -0.39 is 5.54 Å². The van der Waals surface area contributed by atoms with Gasteiger partial charge in [-0.05, 0) is 36.2 Å². The monoisotopic (exact) mass is 245 g/mol. The fourth-order valence-electron chi connectivity index (χ4n) is 2.03. The molecule has 0 amide bonds. The maximum absolute atomic E-state index is 13.0. The summed E-state index contributed by atoms with van der Waals surface area (Å²) >= 11 is 0. The van der Waals surface area contributed by atoms with Crippen molar-refractivity contribution < 1.29 is 4.39 Å². The Hall–Kier alpha value is -1.78. The molecule has 2 rings (SSSR count). The Labute approximate surface area is 106 Å². The summed E-state index contributed by atoms with van der Waals surface area (Å²) in [6, 6.07) is 9.44.